The van der Waals surface area contributed by atoms with Gasteiger partial charge in [0, 0.05) is 52.2 Å². The van der Waals surface area contributed by atoms with Crippen molar-refractivity contribution < 1.29 is 14.3 Å². The number of hydrogen-bond acceptors (Lipinski definition) is 5. The zero-order chi connectivity index (χ0) is 17.2. The van der Waals surface area contributed by atoms with Gasteiger partial charge in [-0.2, -0.15) is 5.10 Å². The van der Waals surface area contributed by atoms with Crippen molar-refractivity contribution in [2.24, 2.45) is 13.0 Å². The van der Waals surface area contributed by atoms with E-state index in [-0.39, 0.29) is 18.1 Å². The molecule has 1 N–H and O–H groups in total. The fourth-order valence-electron chi connectivity index (χ4n) is 4.44. The molecule has 25 heavy (non-hydrogen) atoms. The van der Waals surface area contributed by atoms with Crippen molar-refractivity contribution in [1.29, 1.82) is 0 Å². The van der Waals surface area contributed by atoms with Crippen LogP contribution in [0.5, 0.6) is 0 Å². The van der Waals surface area contributed by atoms with E-state index in [9.17, 15) is 4.79 Å². The Labute approximate surface area is 148 Å². The molecule has 0 aliphatic carbocycles. The fourth-order valence-corrected chi connectivity index (χ4v) is 4.44. The topological polar surface area (TPSA) is 68.6 Å². The lowest BCUT2D eigenvalue weighted by molar-refractivity contribution is -0.0255. The number of carbonyl (C=O) groups is 1. The lowest BCUT2D eigenvalue weighted by Crippen LogP contribution is -2.47. The number of fused-ring (bicyclic) bond motifs is 1. The van der Waals surface area contributed by atoms with Crippen LogP contribution in [0.1, 0.15) is 36.0 Å². The molecule has 1 amide bonds. The number of carbonyl (C=O) groups excluding carboxylic acids is 1. The van der Waals surface area contributed by atoms with Gasteiger partial charge >= 0.3 is 0 Å². The highest BCUT2D eigenvalue weighted by Gasteiger charge is 2.45. The third-order valence-electron chi connectivity index (χ3n) is 5.75. The Balaban J connectivity index is 1.41. The van der Waals surface area contributed by atoms with Crippen molar-refractivity contribution in [3.8, 4) is 0 Å². The Bertz CT molecular complexity index is 599. The number of aromatic nitrogens is 2. The van der Waals surface area contributed by atoms with Gasteiger partial charge in [0.05, 0.1) is 23.9 Å². The van der Waals surface area contributed by atoms with Crippen LogP contribution < -0.4 is 5.32 Å². The Kier molecular flexibility index (Phi) is 5.05. The SMILES string of the molecule is Cn1cc(C(=O)N[C@@H]2CN(CC3CCOCC3)[C@@H]3CCCO[C@@H]32)cn1. The summed E-state index contributed by atoms with van der Waals surface area (Å²) in [6.45, 7) is 4.52. The molecule has 3 aliphatic rings. The molecule has 0 saturated carbocycles. The molecule has 4 heterocycles. The van der Waals surface area contributed by atoms with E-state index in [1.54, 1.807) is 17.1 Å². The van der Waals surface area contributed by atoms with Crippen LogP contribution in [0.2, 0.25) is 0 Å². The highest BCUT2D eigenvalue weighted by atomic mass is 16.5. The van der Waals surface area contributed by atoms with Crippen molar-refractivity contribution in [1.82, 2.24) is 20.0 Å². The van der Waals surface area contributed by atoms with Crippen LogP contribution >= 0.6 is 0 Å². The maximum atomic E-state index is 12.5. The van der Waals surface area contributed by atoms with E-state index in [1.165, 1.54) is 0 Å². The molecule has 1 aromatic rings. The second-order valence-corrected chi connectivity index (χ2v) is 7.54. The molecule has 3 aliphatic heterocycles. The quantitative estimate of drug-likeness (QED) is 0.872. The second-order valence-electron chi connectivity index (χ2n) is 7.54. The second kappa shape index (κ2) is 7.43. The zero-order valence-electron chi connectivity index (χ0n) is 14.9. The molecule has 0 bridgehead atoms. The van der Waals surface area contributed by atoms with Crippen molar-refractivity contribution in [2.45, 2.75) is 43.9 Å². The number of aryl methyl sites for hydroxylation is 1. The minimum Gasteiger partial charge on any atom is -0.381 e. The number of rotatable bonds is 4. The van der Waals surface area contributed by atoms with E-state index in [1.807, 2.05) is 7.05 Å². The molecular formula is C18H28N4O3. The predicted molar refractivity (Wildman–Crippen MR) is 92.3 cm³/mol. The standard InChI is InChI=1S/C18H28N4O3/c1-21-11-14(9-19-21)18(23)20-15-12-22(10-13-4-7-24-8-5-13)16-3-2-6-25-17(15)16/h9,11,13,15-17H,2-8,10,12H2,1H3,(H,20,23)/t15-,16-,17-/m1/s1. The average molecular weight is 348 g/mol. The van der Waals surface area contributed by atoms with E-state index in [2.05, 4.69) is 15.3 Å². The highest BCUT2D eigenvalue weighted by Crippen LogP contribution is 2.31. The van der Waals surface area contributed by atoms with Gasteiger partial charge in [-0.25, -0.2) is 0 Å². The van der Waals surface area contributed by atoms with Crippen LogP contribution in [0.4, 0.5) is 0 Å². The maximum absolute atomic E-state index is 12.5. The molecular weight excluding hydrogens is 320 g/mol. The third kappa shape index (κ3) is 3.73. The van der Waals surface area contributed by atoms with Gasteiger partial charge in [-0.05, 0) is 31.6 Å². The summed E-state index contributed by atoms with van der Waals surface area (Å²) in [6.07, 6.45) is 8.02. The first kappa shape index (κ1) is 17.0. The van der Waals surface area contributed by atoms with Crippen LogP contribution in [-0.2, 0) is 16.5 Å². The highest BCUT2D eigenvalue weighted by molar-refractivity contribution is 5.93. The van der Waals surface area contributed by atoms with E-state index in [0.717, 1.165) is 58.6 Å². The number of amides is 1. The molecule has 3 fully saturated rings. The molecule has 3 saturated heterocycles. The summed E-state index contributed by atoms with van der Waals surface area (Å²) in [7, 11) is 1.82. The molecule has 3 atom stereocenters. The monoisotopic (exact) mass is 348 g/mol. The van der Waals surface area contributed by atoms with Crippen molar-refractivity contribution in [2.75, 3.05) is 32.9 Å². The van der Waals surface area contributed by atoms with E-state index in [0.29, 0.717) is 17.5 Å². The molecule has 138 valence electrons. The van der Waals surface area contributed by atoms with Gasteiger partial charge in [-0.3, -0.25) is 14.4 Å². The molecule has 0 radical (unpaired) electrons. The van der Waals surface area contributed by atoms with Gasteiger partial charge in [-0.1, -0.05) is 0 Å². The summed E-state index contributed by atoms with van der Waals surface area (Å²) in [6, 6.07) is 0.480. The first-order chi connectivity index (χ1) is 12.2. The summed E-state index contributed by atoms with van der Waals surface area (Å²) in [5, 5.41) is 7.28. The summed E-state index contributed by atoms with van der Waals surface area (Å²) < 4.78 is 13.2. The van der Waals surface area contributed by atoms with Gasteiger partial charge in [0.1, 0.15) is 0 Å². The minimum atomic E-state index is -0.0565. The number of nitrogens with zero attached hydrogens (tertiary/aromatic N) is 3. The van der Waals surface area contributed by atoms with Crippen molar-refractivity contribution in [3.63, 3.8) is 0 Å². The minimum absolute atomic E-state index is 0.0536. The fraction of sp³-hybridized carbons (Fsp3) is 0.778. The van der Waals surface area contributed by atoms with Crippen LogP contribution in [-0.4, -0.2) is 71.7 Å². The van der Waals surface area contributed by atoms with Gasteiger partial charge in [-0.15, -0.1) is 0 Å². The normalized spacial score (nSPS) is 31.0. The summed E-state index contributed by atoms with van der Waals surface area (Å²) in [5.74, 6) is 0.642. The number of likely N-dealkylation sites (tertiary alicyclic amines) is 1. The zero-order valence-corrected chi connectivity index (χ0v) is 14.9. The number of hydrogen-bond donors (Lipinski definition) is 1. The lowest BCUT2D eigenvalue weighted by atomic mass is 9.97. The number of nitrogens with one attached hydrogen (secondary N) is 1. The van der Waals surface area contributed by atoms with Crippen molar-refractivity contribution in [3.05, 3.63) is 18.0 Å². The molecule has 7 nitrogen and oxygen atoms in total. The van der Waals surface area contributed by atoms with Crippen LogP contribution in [0.3, 0.4) is 0 Å². The molecule has 0 spiro atoms. The molecule has 4 rings (SSSR count). The largest absolute Gasteiger partial charge is 0.381 e. The lowest BCUT2D eigenvalue weighted by Gasteiger charge is -2.34. The Morgan fingerprint density at radius 3 is 2.92 bits per heavy atom. The van der Waals surface area contributed by atoms with Gasteiger partial charge in [0.25, 0.3) is 5.91 Å². The maximum Gasteiger partial charge on any atom is 0.254 e. The smallest absolute Gasteiger partial charge is 0.254 e. The molecule has 1 aromatic heterocycles. The molecule has 0 unspecified atom stereocenters. The molecule has 7 heteroatoms. The predicted octanol–water partition coefficient (Wildman–Crippen LogP) is 0.808. The Morgan fingerprint density at radius 2 is 2.16 bits per heavy atom. The third-order valence-corrected chi connectivity index (χ3v) is 5.75. The van der Waals surface area contributed by atoms with E-state index >= 15 is 0 Å². The van der Waals surface area contributed by atoms with Gasteiger partial charge in [0.15, 0.2) is 0 Å². The van der Waals surface area contributed by atoms with Crippen LogP contribution in [0, 0.1) is 5.92 Å². The van der Waals surface area contributed by atoms with E-state index in [4.69, 9.17) is 9.47 Å². The number of ether oxygens (including phenoxy) is 2. The Morgan fingerprint density at radius 1 is 1.32 bits per heavy atom. The molecule has 0 aromatic carbocycles. The first-order valence-electron chi connectivity index (χ1n) is 9.43. The van der Waals surface area contributed by atoms with Gasteiger partial charge in [0.2, 0.25) is 0 Å². The first-order valence-corrected chi connectivity index (χ1v) is 9.43. The van der Waals surface area contributed by atoms with Crippen molar-refractivity contribution >= 4 is 5.91 Å². The summed E-state index contributed by atoms with van der Waals surface area (Å²) in [4.78, 5) is 15.1. The average Bonchev–Trinajstić information content (AvgIpc) is 3.21. The summed E-state index contributed by atoms with van der Waals surface area (Å²) in [5.41, 5.74) is 0.609. The van der Waals surface area contributed by atoms with Crippen LogP contribution in [0.25, 0.3) is 0 Å². The Hall–Kier alpha value is -1.44. The summed E-state index contributed by atoms with van der Waals surface area (Å²) >= 11 is 0. The van der Waals surface area contributed by atoms with Gasteiger partial charge < -0.3 is 14.8 Å². The van der Waals surface area contributed by atoms with Crippen LogP contribution in [0.15, 0.2) is 12.4 Å². The van der Waals surface area contributed by atoms with E-state index < -0.39 is 0 Å².